The highest BCUT2D eigenvalue weighted by Gasteiger charge is 2.30. The molecule has 4 heteroatoms. The fourth-order valence-electron chi connectivity index (χ4n) is 2.89. The molecule has 2 rings (SSSR count). The number of hydrogen-bond acceptors (Lipinski definition) is 4. The van der Waals surface area contributed by atoms with Crippen LogP contribution in [0.5, 0.6) is 0 Å². The normalized spacial score (nSPS) is 16.9. The first-order valence-electron chi connectivity index (χ1n) is 7.08. The van der Waals surface area contributed by atoms with Gasteiger partial charge in [-0.05, 0) is 24.2 Å². The van der Waals surface area contributed by atoms with Crippen LogP contribution in [0.2, 0.25) is 0 Å². The van der Waals surface area contributed by atoms with Crippen molar-refractivity contribution in [2.24, 2.45) is 11.3 Å². The largest absolute Gasteiger partial charge is 0.367 e. The van der Waals surface area contributed by atoms with Gasteiger partial charge in [0.05, 0.1) is 0 Å². The molecule has 0 unspecified atom stereocenters. The maximum absolute atomic E-state index is 9.00. The highest BCUT2D eigenvalue weighted by atomic mass is 15.0. The van der Waals surface area contributed by atoms with Gasteiger partial charge in [0, 0.05) is 18.9 Å². The average molecular weight is 258 g/mol. The molecular weight excluding hydrogens is 236 g/mol. The minimum atomic E-state index is 0.227. The maximum Gasteiger partial charge on any atom is 0.182 e. The summed E-state index contributed by atoms with van der Waals surface area (Å²) < 4.78 is 0. The molecule has 1 aliphatic rings. The molecule has 0 atom stereocenters. The third kappa shape index (κ3) is 3.44. The van der Waals surface area contributed by atoms with Gasteiger partial charge in [-0.25, -0.2) is 9.97 Å². The lowest BCUT2D eigenvalue weighted by Gasteiger charge is -2.37. The van der Waals surface area contributed by atoms with Gasteiger partial charge in [-0.3, -0.25) is 0 Å². The number of rotatable bonds is 4. The van der Waals surface area contributed by atoms with E-state index in [0.717, 1.165) is 12.5 Å². The van der Waals surface area contributed by atoms with E-state index < -0.39 is 0 Å². The first kappa shape index (κ1) is 13.8. The van der Waals surface area contributed by atoms with E-state index in [1.54, 1.807) is 12.4 Å². The standard InChI is InChI=1S/C15H22N4/c1-15(2,12-6-4-3-5-7-12)11-19-14-13(10-16)17-8-9-18-14/h8-9,12H,3-7,11H2,1-2H3,(H,18,19). The minimum absolute atomic E-state index is 0.227. The molecule has 102 valence electrons. The predicted molar refractivity (Wildman–Crippen MR) is 75.6 cm³/mol. The molecule has 0 aliphatic heterocycles. The van der Waals surface area contributed by atoms with Crippen molar-refractivity contribution < 1.29 is 0 Å². The van der Waals surface area contributed by atoms with Crippen LogP contribution in [0.25, 0.3) is 0 Å². The van der Waals surface area contributed by atoms with Crippen molar-refractivity contribution in [1.29, 1.82) is 5.26 Å². The Morgan fingerprint density at radius 2 is 1.95 bits per heavy atom. The number of anilines is 1. The Hall–Kier alpha value is -1.63. The van der Waals surface area contributed by atoms with Crippen molar-refractivity contribution in [3.05, 3.63) is 18.1 Å². The monoisotopic (exact) mass is 258 g/mol. The van der Waals surface area contributed by atoms with Crippen molar-refractivity contribution in [3.8, 4) is 6.07 Å². The Morgan fingerprint density at radius 1 is 1.26 bits per heavy atom. The molecule has 1 aliphatic carbocycles. The van der Waals surface area contributed by atoms with E-state index in [9.17, 15) is 0 Å². The molecule has 1 aromatic heterocycles. The topological polar surface area (TPSA) is 61.6 Å². The zero-order chi connectivity index (χ0) is 13.7. The van der Waals surface area contributed by atoms with Crippen LogP contribution in [0.15, 0.2) is 12.4 Å². The van der Waals surface area contributed by atoms with E-state index in [0.29, 0.717) is 11.5 Å². The highest BCUT2D eigenvalue weighted by Crippen LogP contribution is 2.38. The number of aromatic nitrogens is 2. The molecular formula is C15H22N4. The Bertz CT molecular complexity index is 455. The Labute approximate surface area is 115 Å². The van der Waals surface area contributed by atoms with Crippen LogP contribution in [-0.2, 0) is 0 Å². The van der Waals surface area contributed by atoms with Gasteiger partial charge in [-0.2, -0.15) is 5.26 Å². The van der Waals surface area contributed by atoms with E-state index in [4.69, 9.17) is 5.26 Å². The van der Waals surface area contributed by atoms with Crippen LogP contribution in [-0.4, -0.2) is 16.5 Å². The first-order valence-corrected chi connectivity index (χ1v) is 7.08. The average Bonchev–Trinajstić information content (AvgIpc) is 2.46. The van der Waals surface area contributed by atoms with Crippen molar-refractivity contribution >= 4 is 5.82 Å². The molecule has 1 fully saturated rings. The molecule has 4 nitrogen and oxygen atoms in total. The van der Waals surface area contributed by atoms with Crippen molar-refractivity contribution in [1.82, 2.24) is 9.97 Å². The second kappa shape index (κ2) is 6.01. The zero-order valence-electron chi connectivity index (χ0n) is 11.8. The van der Waals surface area contributed by atoms with Gasteiger partial charge in [-0.1, -0.05) is 33.1 Å². The second-order valence-electron chi connectivity index (χ2n) is 6.04. The summed E-state index contributed by atoms with van der Waals surface area (Å²) in [7, 11) is 0. The molecule has 1 saturated carbocycles. The SMILES string of the molecule is CC(C)(CNc1nccnc1C#N)C1CCCCC1. The number of nitrogens with zero attached hydrogens (tertiary/aromatic N) is 3. The van der Waals surface area contributed by atoms with Crippen LogP contribution >= 0.6 is 0 Å². The third-order valence-electron chi connectivity index (χ3n) is 4.23. The van der Waals surface area contributed by atoms with Crippen LogP contribution < -0.4 is 5.32 Å². The van der Waals surface area contributed by atoms with E-state index >= 15 is 0 Å². The van der Waals surface area contributed by atoms with E-state index in [-0.39, 0.29) is 5.41 Å². The molecule has 0 amide bonds. The van der Waals surface area contributed by atoms with Crippen molar-refractivity contribution in [3.63, 3.8) is 0 Å². The van der Waals surface area contributed by atoms with Gasteiger partial charge in [0.2, 0.25) is 0 Å². The Balaban J connectivity index is 1.99. The predicted octanol–water partition coefficient (Wildman–Crippen LogP) is 3.37. The highest BCUT2D eigenvalue weighted by molar-refractivity contribution is 5.46. The van der Waals surface area contributed by atoms with Crippen molar-refractivity contribution in [2.75, 3.05) is 11.9 Å². The van der Waals surface area contributed by atoms with Gasteiger partial charge in [0.25, 0.3) is 0 Å². The molecule has 0 radical (unpaired) electrons. The molecule has 0 spiro atoms. The summed E-state index contributed by atoms with van der Waals surface area (Å²) in [6.07, 6.45) is 9.89. The summed E-state index contributed by atoms with van der Waals surface area (Å²) >= 11 is 0. The molecule has 1 N–H and O–H groups in total. The summed E-state index contributed by atoms with van der Waals surface area (Å²) in [6, 6.07) is 2.08. The minimum Gasteiger partial charge on any atom is -0.367 e. The number of nitrogens with one attached hydrogen (secondary N) is 1. The van der Waals surface area contributed by atoms with Crippen LogP contribution in [0.3, 0.4) is 0 Å². The summed E-state index contributed by atoms with van der Waals surface area (Å²) in [5.74, 6) is 1.37. The van der Waals surface area contributed by atoms with Crippen molar-refractivity contribution in [2.45, 2.75) is 46.0 Å². The molecule has 1 heterocycles. The third-order valence-corrected chi connectivity index (χ3v) is 4.23. The summed E-state index contributed by atoms with van der Waals surface area (Å²) in [4.78, 5) is 8.23. The van der Waals surface area contributed by atoms with Crippen LogP contribution in [0.1, 0.15) is 51.6 Å². The van der Waals surface area contributed by atoms with Crippen LogP contribution in [0.4, 0.5) is 5.82 Å². The van der Waals surface area contributed by atoms with E-state index in [1.165, 1.54) is 32.1 Å². The quantitative estimate of drug-likeness (QED) is 0.899. The van der Waals surface area contributed by atoms with E-state index in [2.05, 4.69) is 35.2 Å². The van der Waals surface area contributed by atoms with Gasteiger partial charge in [0.1, 0.15) is 6.07 Å². The van der Waals surface area contributed by atoms with Crippen LogP contribution in [0, 0.1) is 22.7 Å². The first-order chi connectivity index (χ1) is 9.13. The molecule has 1 aromatic rings. The number of hydrogen-bond donors (Lipinski definition) is 1. The molecule has 0 saturated heterocycles. The van der Waals surface area contributed by atoms with Gasteiger partial charge in [0.15, 0.2) is 11.5 Å². The number of nitriles is 1. The summed E-state index contributed by atoms with van der Waals surface area (Å²) in [6.45, 7) is 5.45. The lowest BCUT2D eigenvalue weighted by atomic mass is 9.71. The Kier molecular flexibility index (Phi) is 4.36. The fraction of sp³-hybridized carbons (Fsp3) is 0.667. The van der Waals surface area contributed by atoms with Gasteiger partial charge >= 0.3 is 0 Å². The maximum atomic E-state index is 9.00. The lowest BCUT2D eigenvalue weighted by molar-refractivity contribution is 0.171. The summed E-state index contributed by atoms with van der Waals surface area (Å²) in [5, 5.41) is 12.3. The molecule has 19 heavy (non-hydrogen) atoms. The lowest BCUT2D eigenvalue weighted by Crippen LogP contribution is -2.33. The smallest absolute Gasteiger partial charge is 0.182 e. The fourth-order valence-corrected chi connectivity index (χ4v) is 2.89. The molecule has 0 bridgehead atoms. The van der Waals surface area contributed by atoms with E-state index in [1.807, 2.05) is 0 Å². The zero-order valence-corrected chi connectivity index (χ0v) is 11.8. The van der Waals surface area contributed by atoms with Gasteiger partial charge < -0.3 is 5.32 Å². The summed E-state index contributed by atoms with van der Waals surface area (Å²) in [5.41, 5.74) is 0.604. The Morgan fingerprint density at radius 3 is 2.63 bits per heavy atom. The van der Waals surface area contributed by atoms with Gasteiger partial charge in [-0.15, -0.1) is 0 Å². The molecule has 0 aromatic carbocycles. The second-order valence-corrected chi connectivity index (χ2v) is 6.04.